The maximum absolute atomic E-state index is 12.5. The summed E-state index contributed by atoms with van der Waals surface area (Å²) in [6.07, 6.45) is -0.897. The van der Waals surface area contributed by atoms with Crippen molar-refractivity contribution in [2.75, 3.05) is 26.2 Å². The zero-order valence-electron chi connectivity index (χ0n) is 10.4. The number of hydrogen-bond donors (Lipinski definition) is 1. The molecular weight excluding hydrogens is 242 g/mol. The highest BCUT2D eigenvalue weighted by Gasteiger charge is 2.27. The molecule has 0 aliphatic carbocycles. The second-order valence-electron chi connectivity index (χ2n) is 4.38. The van der Waals surface area contributed by atoms with Crippen LogP contribution in [-0.4, -0.2) is 41.2 Å². The monoisotopic (exact) mass is 260 g/mol. The quantitative estimate of drug-likeness (QED) is 0.874. The third-order valence-corrected chi connectivity index (χ3v) is 3.10. The van der Waals surface area contributed by atoms with E-state index in [2.05, 4.69) is 31.8 Å². The van der Waals surface area contributed by atoms with E-state index in [1.165, 1.54) is 0 Å². The molecule has 2 heterocycles. The van der Waals surface area contributed by atoms with Gasteiger partial charge < -0.3 is 9.84 Å². The van der Waals surface area contributed by atoms with E-state index in [4.69, 9.17) is 0 Å². The number of halogens is 2. The lowest BCUT2D eigenvalue weighted by molar-refractivity contribution is 0.106. The summed E-state index contributed by atoms with van der Waals surface area (Å²) in [5, 5.41) is 6.96. The second-order valence-corrected chi connectivity index (χ2v) is 4.38. The van der Waals surface area contributed by atoms with Crippen molar-refractivity contribution in [1.82, 2.24) is 20.4 Å². The highest BCUT2D eigenvalue weighted by atomic mass is 19.3. The zero-order chi connectivity index (χ0) is 13.0. The van der Waals surface area contributed by atoms with Gasteiger partial charge in [-0.15, -0.1) is 0 Å². The van der Waals surface area contributed by atoms with Crippen LogP contribution in [0.4, 0.5) is 8.78 Å². The SMILES string of the molecule is CCCC(c1noc(C(F)F)n1)N1CCNCC1. The van der Waals surface area contributed by atoms with Gasteiger partial charge in [0.15, 0.2) is 5.82 Å². The number of alkyl halides is 2. The summed E-state index contributed by atoms with van der Waals surface area (Å²) in [5.41, 5.74) is 0. The number of hydrogen-bond acceptors (Lipinski definition) is 5. The third-order valence-electron chi connectivity index (χ3n) is 3.10. The molecule has 0 spiro atoms. The molecule has 1 N–H and O–H groups in total. The molecule has 1 unspecified atom stereocenters. The van der Waals surface area contributed by atoms with Crippen molar-refractivity contribution in [1.29, 1.82) is 0 Å². The lowest BCUT2D eigenvalue weighted by Gasteiger charge is -2.33. The van der Waals surface area contributed by atoms with Crippen molar-refractivity contribution in [2.24, 2.45) is 0 Å². The Labute approximate surface area is 105 Å². The standard InChI is InChI=1S/C11H18F2N4O/c1-2-3-8(17-6-4-14-5-7-17)10-15-11(9(12)13)18-16-10/h8-9,14H,2-7H2,1H3. The van der Waals surface area contributed by atoms with Crippen molar-refractivity contribution < 1.29 is 13.3 Å². The first-order valence-corrected chi connectivity index (χ1v) is 6.28. The highest BCUT2D eigenvalue weighted by molar-refractivity contribution is 4.96. The van der Waals surface area contributed by atoms with Crippen LogP contribution in [0.15, 0.2) is 4.52 Å². The van der Waals surface area contributed by atoms with Crippen molar-refractivity contribution in [3.8, 4) is 0 Å². The molecule has 5 nitrogen and oxygen atoms in total. The van der Waals surface area contributed by atoms with Crippen LogP contribution in [0.5, 0.6) is 0 Å². The molecule has 1 aliphatic heterocycles. The summed E-state index contributed by atoms with van der Waals surface area (Å²) in [7, 11) is 0. The van der Waals surface area contributed by atoms with Gasteiger partial charge in [-0.1, -0.05) is 18.5 Å². The van der Waals surface area contributed by atoms with Crippen LogP contribution in [0, 0.1) is 0 Å². The highest BCUT2D eigenvalue weighted by Crippen LogP contribution is 2.25. The topological polar surface area (TPSA) is 54.2 Å². The van der Waals surface area contributed by atoms with Gasteiger partial charge in [0.05, 0.1) is 6.04 Å². The van der Waals surface area contributed by atoms with E-state index in [-0.39, 0.29) is 6.04 Å². The first-order chi connectivity index (χ1) is 8.72. The van der Waals surface area contributed by atoms with E-state index in [0.717, 1.165) is 39.0 Å². The molecule has 2 rings (SSSR count). The number of nitrogens with zero attached hydrogens (tertiary/aromatic N) is 3. The fourth-order valence-corrected chi connectivity index (χ4v) is 2.21. The number of piperazine rings is 1. The van der Waals surface area contributed by atoms with Crippen LogP contribution in [-0.2, 0) is 0 Å². The smallest absolute Gasteiger partial charge is 0.315 e. The van der Waals surface area contributed by atoms with Crippen molar-refractivity contribution in [2.45, 2.75) is 32.2 Å². The molecular formula is C11H18F2N4O. The summed E-state index contributed by atoms with van der Waals surface area (Å²) in [5.74, 6) is -0.199. The average molecular weight is 260 g/mol. The number of rotatable bonds is 5. The Morgan fingerprint density at radius 3 is 2.67 bits per heavy atom. The van der Waals surface area contributed by atoms with Crippen LogP contribution in [0.3, 0.4) is 0 Å². The molecule has 1 fully saturated rings. The van der Waals surface area contributed by atoms with Crippen LogP contribution < -0.4 is 5.32 Å². The number of nitrogens with one attached hydrogen (secondary N) is 1. The van der Waals surface area contributed by atoms with Gasteiger partial charge in [0.25, 0.3) is 5.89 Å². The van der Waals surface area contributed by atoms with Gasteiger partial charge in [-0.2, -0.15) is 13.8 Å². The van der Waals surface area contributed by atoms with E-state index in [9.17, 15) is 8.78 Å². The van der Waals surface area contributed by atoms with Gasteiger partial charge in [-0.25, -0.2) is 0 Å². The van der Waals surface area contributed by atoms with Crippen molar-refractivity contribution >= 4 is 0 Å². The van der Waals surface area contributed by atoms with E-state index in [1.807, 2.05) is 0 Å². The predicted octanol–water partition coefficient (Wildman–Crippen LogP) is 1.75. The Balaban J connectivity index is 2.11. The van der Waals surface area contributed by atoms with Crippen molar-refractivity contribution in [3.05, 3.63) is 11.7 Å². The van der Waals surface area contributed by atoms with Gasteiger partial charge in [0, 0.05) is 26.2 Å². The Morgan fingerprint density at radius 1 is 1.39 bits per heavy atom. The molecule has 1 atom stereocenters. The summed E-state index contributed by atoms with van der Waals surface area (Å²) in [6.45, 7) is 5.62. The largest absolute Gasteiger partial charge is 0.333 e. The van der Waals surface area contributed by atoms with E-state index in [0.29, 0.717) is 5.82 Å². The normalized spacial score (nSPS) is 19.3. The van der Waals surface area contributed by atoms with E-state index in [1.54, 1.807) is 0 Å². The lowest BCUT2D eigenvalue weighted by atomic mass is 10.1. The van der Waals surface area contributed by atoms with Gasteiger partial charge in [-0.3, -0.25) is 4.90 Å². The fraction of sp³-hybridized carbons (Fsp3) is 0.818. The maximum atomic E-state index is 12.5. The maximum Gasteiger partial charge on any atom is 0.315 e. The molecule has 0 aromatic carbocycles. The van der Waals surface area contributed by atoms with E-state index >= 15 is 0 Å². The van der Waals surface area contributed by atoms with Crippen LogP contribution >= 0.6 is 0 Å². The van der Waals surface area contributed by atoms with E-state index < -0.39 is 12.3 Å². The van der Waals surface area contributed by atoms with Gasteiger partial charge >= 0.3 is 6.43 Å². The molecule has 0 amide bonds. The zero-order valence-corrected chi connectivity index (χ0v) is 10.4. The Morgan fingerprint density at radius 2 is 2.11 bits per heavy atom. The average Bonchev–Trinajstić information content (AvgIpc) is 2.86. The first kappa shape index (κ1) is 13.4. The summed E-state index contributed by atoms with van der Waals surface area (Å²) >= 11 is 0. The summed E-state index contributed by atoms with van der Waals surface area (Å²) in [4.78, 5) is 6.04. The molecule has 1 aromatic heterocycles. The molecule has 1 saturated heterocycles. The minimum Gasteiger partial charge on any atom is -0.333 e. The minimum absolute atomic E-state index is 0.0200. The second kappa shape index (κ2) is 6.19. The van der Waals surface area contributed by atoms with Crippen LogP contribution in [0.25, 0.3) is 0 Å². The predicted molar refractivity (Wildman–Crippen MR) is 61.3 cm³/mol. The summed E-state index contributed by atoms with van der Waals surface area (Å²) < 4.78 is 29.5. The molecule has 0 saturated carbocycles. The van der Waals surface area contributed by atoms with Gasteiger partial charge in [0.1, 0.15) is 0 Å². The van der Waals surface area contributed by atoms with Gasteiger partial charge in [-0.05, 0) is 6.42 Å². The molecule has 102 valence electrons. The third kappa shape index (κ3) is 3.02. The molecule has 1 aromatic rings. The Kier molecular flexibility index (Phi) is 4.60. The Hall–Kier alpha value is -1.08. The Bertz CT molecular complexity index is 366. The molecule has 7 heteroatoms. The minimum atomic E-state index is -2.70. The first-order valence-electron chi connectivity index (χ1n) is 6.28. The molecule has 0 bridgehead atoms. The van der Waals surface area contributed by atoms with Crippen LogP contribution in [0.2, 0.25) is 0 Å². The number of aromatic nitrogens is 2. The lowest BCUT2D eigenvalue weighted by Crippen LogP contribution is -2.45. The fourth-order valence-electron chi connectivity index (χ4n) is 2.21. The molecule has 18 heavy (non-hydrogen) atoms. The van der Waals surface area contributed by atoms with Crippen LogP contribution in [0.1, 0.15) is 43.9 Å². The van der Waals surface area contributed by atoms with Crippen molar-refractivity contribution in [3.63, 3.8) is 0 Å². The summed E-state index contributed by atoms with van der Waals surface area (Å²) in [6, 6.07) is -0.0200. The van der Waals surface area contributed by atoms with Gasteiger partial charge in [0.2, 0.25) is 0 Å². The molecule has 1 aliphatic rings. The molecule has 0 radical (unpaired) electrons.